The average Bonchev–Trinajstić information content (AvgIpc) is 2.30. The molecule has 3 nitrogen and oxygen atoms in total. The molecule has 102 valence electrons. The Morgan fingerprint density at radius 3 is 2.35 bits per heavy atom. The molecule has 0 fully saturated rings. The quantitative estimate of drug-likeness (QED) is 0.632. The van der Waals surface area contributed by atoms with Gasteiger partial charge in [-0.2, -0.15) is 0 Å². The van der Waals surface area contributed by atoms with Crippen molar-refractivity contribution in [3.8, 4) is 0 Å². The lowest BCUT2D eigenvalue weighted by atomic mass is 10.1. The molecule has 0 aromatic rings. The van der Waals surface area contributed by atoms with Crippen LogP contribution in [-0.2, 0) is 4.79 Å². The summed E-state index contributed by atoms with van der Waals surface area (Å²) in [4.78, 5) is 14.1. The first-order valence-corrected chi connectivity index (χ1v) is 7.02. The molecule has 0 saturated carbocycles. The number of nitrogens with zero attached hydrogens (tertiary/aromatic N) is 1. The van der Waals surface area contributed by atoms with Crippen molar-refractivity contribution in [1.82, 2.24) is 4.90 Å². The summed E-state index contributed by atoms with van der Waals surface area (Å²) in [6.07, 6.45) is 5.07. The number of hydrogen-bond donors (Lipinski definition) is 1. The van der Waals surface area contributed by atoms with Gasteiger partial charge in [0.1, 0.15) is 0 Å². The van der Waals surface area contributed by atoms with E-state index in [9.17, 15) is 4.79 Å². The smallest absolute Gasteiger partial charge is 0.222 e. The molecule has 0 bridgehead atoms. The van der Waals surface area contributed by atoms with Crippen molar-refractivity contribution < 1.29 is 4.79 Å². The molecular weight excluding hydrogens is 212 g/mol. The van der Waals surface area contributed by atoms with Crippen LogP contribution in [0.1, 0.15) is 59.8 Å². The van der Waals surface area contributed by atoms with Crippen LogP contribution in [0.2, 0.25) is 0 Å². The molecule has 17 heavy (non-hydrogen) atoms. The van der Waals surface area contributed by atoms with Crippen LogP contribution in [0.3, 0.4) is 0 Å². The number of rotatable bonds is 9. The zero-order valence-corrected chi connectivity index (χ0v) is 12.0. The van der Waals surface area contributed by atoms with Crippen LogP contribution >= 0.6 is 0 Å². The van der Waals surface area contributed by atoms with Crippen LogP contribution in [0, 0.1) is 5.92 Å². The van der Waals surface area contributed by atoms with Gasteiger partial charge in [0, 0.05) is 19.0 Å². The molecule has 0 radical (unpaired) electrons. The van der Waals surface area contributed by atoms with E-state index in [0.717, 1.165) is 19.4 Å². The maximum absolute atomic E-state index is 12.1. The Morgan fingerprint density at radius 2 is 1.88 bits per heavy atom. The molecule has 2 N–H and O–H groups in total. The number of carbonyl (C=O) groups is 1. The monoisotopic (exact) mass is 242 g/mol. The highest BCUT2D eigenvalue weighted by atomic mass is 16.2. The Balaban J connectivity index is 4.06. The second kappa shape index (κ2) is 9.46. The zero-order valence-electron chi connectivity index (χ0n) is 12.0. The Labute approximate surface area is 107 Å². The van der Waals surface area contributed by atoms with Gasteiger partial charge in [0.2, 0.25) is 5.91 Å². The van der Waals surface area contributed by atoms with Gasteiger partial charge in [-0.3, -0.25) is 4.79 Å². The molecule has 0 aliphatic rings. The lowest BCUT2D eigenvalue weighted by Crippen LogP contribution is -2.37. The van der Waals surface area contributed by atoms with Gasteiger partial charge in [0.15, 0.2) is 0 Å². The van der Waals surface area contributed by atoms with Crippen molar-refractivity contribution in [3.05, 3.63) is 0 Å². The maximum atomic E-state index is 12.1. The van der Waals surface area contributed by atoms with Gasteiger partial charge in [-0.25, -0.2) is 0 Å². The maximum Gasteiger partial charge on any atom is 0.222 e. The minimum atomic E-state index is 0.288. The lowest BCUT2D eigenvalue weighted by Gasteiger charge is -2.27. The minimum absolute atomic E-state index is 0.288. The number of hydrogen-bond acceptors (Lipinski definition) is 2. The largest absolute Gasteiger partial charge is 0.340 e. The number of nitrogens with two attached hydrogens (primary N) is 1. The molecule has 0 aromatic heterocycles. The van der Waals surface area contributed by atoms with Gasteiger partial charge in [-0.05, 0) is 39.2 Å². The van der Waals surface area contributed by atoms with Crippen LogP contribution in [-0.4, -0.2) is 29.9 Å². The molecule has 3 heteroatoms. The highest BCUT2D eigenvalue weighted by Gasteiger charge is 2.16. The van der Waals surface area contributed by atoms with Gasteiger partial charge in [-0.15, -0.1) is 0 Å². The third-order valence-corrected chi connectivity index (χ3v) is 3.20. The molecule has 0 spiro atoms. The molecule has 1 atom stereocenters. The zero-order chi connectivity index (χ0) is 13.3. The van der Waals surface area contributed by atoms with E-state index < -0.39 is 0 Å². The SMILES string of the molecule is CCCCCN(C(=O)CCC(C)CN)C(C)C. The summed E-state index contributed by atoms with van der Waals surface area (Å²) >= 11 is 0. The van der Waals surface area contributed by atoms with E-state index >= 15 is 0 Å². The molecule has 1 unspecified atom stereocenters. The Morgan fingerprint density at radius 1 is 1.24 bits per heavy atom. The molecule has 0 aromatic carbocycles. The molecule has 0 heterocycles. The highest BCUT2D eigenvalue weighted by Crippen LogP contribution is 2.10. The van der Waals surface area contributed by atoms with Crippen molar-refractivity contribution in [2.45, 2.75) is 65.8 Å². The van der Waals surface area contributed by atoms with E-state index in [4.69, 9.17) is 5.73 Å². The van der Waals surface area contributed by atoms with Gasteiger partial charge in [0.25, 0.3) is 0 Å². The predicted octanol–water partition coefficient (Wildman–Crippen LogP) is 2.79. The fourth-order valence-corrected chi connectivity index (χ4v) is 1.83. The van der Waals surface area contributed by atoms with Crippen LogP contribution in [0.5, 0.6) is 0 Å². The normalized spacial score (nSPS) is 12.8. The van der Waals surface area contributed by atoms with Gasteiger partial charge >= 0.3 is 0 Å². The molecule has 0 saturated heterocycles. The Bertz CT molecular complexity index is 204. The molecule has 1 amide bonds. The van der Waals surface area contributed by atoms with Crippen molar-refractivity contribution in [3.63, 3.8) is 0 Å². The van der Waals surface area contributed by atoms with E-state index in [2.05, 4.69) is 27.7 Å². The number of carbonyl (C=O) groups excluding carboxylic acids is 1. The summed E-state index contributed by atoms with van der Waals surface area (Å²) in [5.74, 6) is 0.736. The number of unbranched alkanes of at least 4 members (excludes halogenated alkanes) is 2. The van der Waals surface area contributed by atoms with Gasteiger partial charge in [-0.1, -0.05) is 26.7 Å². The first-order valence-electron chi connectivity index (χ1n) is 7.02. The van der Waals surface area contributed by atoms with E-state index in [1.54, 1.807) is 0 Å². The fraction of sp³-hybridized carbons (Fsp3) is 0.929. The van der Waals surface area contributed by atoms with Crippen molar-refractivity contribution in [1.29, 1.82) is 0 Å². The third kappa shape index (κ3) is 7.37. The summed E-state index contributed by atoms with van der Waals surface area (Å²) in [6.45, 7) is 10.0. The summed E-state index contributed by atoms with van der Waals surface area (Å²) < 4.78 is 0. The lowest BCUT2D eigenvalue weighted by molar-refractivity contribution is -0.133. The molecular formula is C14H30N2O. The van der Waals surface area contributed by atoms with Crippen LogP contribution in [0.25, 0.3) is 0 Å². The second-order valence-electron chi connectivity index (χ2n) is 5.27. The summed E-state index contributed by atoms with van der Waals surface area (Å²) in [5.41, 5.74) is 5.57. The number of amides is 1. The summed E-state index contributed by atoms with van der Waals surface area (Å²) in [5, 5.41) is 0. The van der Waals surface area contributed by atoms with Crippen molar-refractivity contribution in [2.24, 2.45) is 11.7 Å². The summed E-state index contributed by atoms with van der Waals surface area (Å²) in [7, 11) is 0. The highest BCUT2D eigenvalue weighted by molar-refractivity contribution is 5.76. The average molecular weight is 242 g/mol. The van der Waals surface area contributed by atoms with Gasteiger partial charge in [0.05, 0.1) is 0 Å². The standard InChI is InChI=1S/C14H30N2O/c1-5-6-7-10-16(12(2)3)14(17)9-8-13(4)11-15/h12-13H,5-11,15H2,1-4H3. The summed E-state index contributed by atoms with van der Waals surface area (Å²) in [6, 6.07) is 0.313. The fourth-order valence-electron chi connectivity index (χ4n) is 1.83. The van der Waals surface area contributed by atoms with Crippen LogP contribution in [0.15, 0.2) is 0 Å². The van der Waals surface area contributed by atoms with E-state index in [-0.39, 0.29) is 5.91 Å². The Kier molecular flexibility index (Phi) is 9.14. The van der Waals surface area contributed by atoms with E-state index in [1.807, 2.05) is 4.90 Å². The van der Waals surface area contributed by atoms with Crippen molar-refractivity contribution >= 4 is 5.91 Å². The first kappa shape index (κ1) is 16.4. The topological polar surface area (TPSA) is 46.3 Å². The molecule has 0 aliphatic carbocycles. The van der Waals surface area contributed by atoms with E-state index in [1.165, 1.54) is 12.8 Å². The predicted molar refractivity (Wildman–Crippen MR) is 73.8 cm³/mol. The molecule has 0 aliphatic heterocycles. The third-order valence-electron chi connectivity index (χ3n) is 3.20. The van der Waals surface area contributed by atoms with Crippen molar-refractivity contribution in [2.75, 3.05) is 13.1 Å². The molecule has 0 rings (SSSR count). The van der Waals surface area contributed by atoms with Crippen LogP contribution < -0.4 is 5.73 Å². The first-order chi connectivity index (χ1) is 8.02. The van der Waals surface area contributed by atoms with E-state index in [0.29, 0.717) is 24.9 Å². The van der Waals surface area contributed by atoms with Gasteiger partial charge < -0.3 is 10.6 Å². The Hall–Kier alpha value is -0.570. The minimum Gasteiger partial charge on any atom is -0.340 e. The van der Waals surface area contributed by atoms with Crippen LogP contribution in [0.4, 0.5) is 0 Å². The second-order valence-corrected chi connectivity index (χ2v) is 5.27.